The number of allylic oxidation sites excluding steroid dienone is 1. The quantitative estimate of drug-likeness (QED) is 0.483. The van der Waals surface area contributed by atoms with Crippen molar-refractivity contribution in [1.82, 2.24) is 0 Å². The van der Waals surface area contributed by atoms with E-state index in [9.17, 15) is 18.8 Å². The lowest BCUT2D eigenvalue weighted by atomic mass is 9.83. The van der Waals surface area contributed by atoms with Crippen molar-refractivity contribution in [3.8, 4) is 23.3 Å². The highest BCUT2D eigenvalue weighted by Crippen LogP contribution is 2.44. The fraction of sp³-hybridized carbons (Fsp3) is 0.0833. The second-order valence-corrected chi connectivity index (χ2v) is 6.91. The lowest BCUT2D eigenvalue weighted by Gasteiger charge is -2.27. The average Bonchev–Trinajstić information content (AvgIpc) is 2.78. The van der Waals surface area contributed by atoms with Crippen LogP contribution in [0.3, 0.4) is 0 Å². The lowest BCUT2D eigenvalue weighted by molar-refractivity contribution is 0.0734. The van der Waals surface area contributed by atoms with Gasteiger partial charge in [-0.25, -0.2) is 13.6 Å². The number of esters is 1. The minimum Gasteiger partial charge on any atom is -0.497 e. The predicted molar refractivity (Wildman–Crippen MR) is 110 cm³/mol. The molecule has 0 spiro atoms. The number of benzene rings is 3. The maximum Gasteiger partial charge on any atom is 0.343 e. The average molecular weight is 434 g/mol. The van der Waals surface area contributed by atoms with Crippen LogP contribution >= 0.6 is 0 Å². The van der Waals surface area contributed by atoms with Gasteiger partial charge in [-0.1, -0.05) is 18.2 Å². The Morgan fingerprint density at radius 2 is 1.84 bits per heavy atom. The van der Waals surface area contributed by atoms with Gasteiger partial charge in [-0.05, 0) is 30.3 Å². The van der Waals surface area contributed by atoms with Gasteiger partial charge in [-0.15, -0.1) is 0 Å². The maximum atomic E-state index is 14.5. The highest BCUT2D eigenvalue weighted by atomic mass is 19.1. The van der Waals surface area contributed by atoms with Crippen molar-refractivity contribution in [2.45, 2.75) is 5.92 Å². The van der Waals surface area contributed by atoms with Crippen LogP contribution in [0.1, 0.15) is 27.4 Å². The monoisotopic (exact) mass is 434 g/mol. The molecule has 1 aliphatic heterocycles. The number of methoxy groups -OCH3 is 1. The number of nitriles is 1. The Morgan fingerprint density at radius 3 is 2.56 bits per heavy atom. The Bertz CT molecular complexity index is 1300. The van der Waals surface area contributed by atoms with Gasteiger partial charge in [0.2, 0.25) is 5.88 Å². The highest BCUT2D eigenvalue weighted by Gasteiger charge is 2.33. The summed E-state index contributed by atoms with van der Waals surface area (Å²) in [5.41, 5.74) is 6.66. The van der Waals surface area contributed by atoms with Gasteiger partial charge in [-0.3, -0.25) is 0 Å². The number of halogens is 2. The topological polar surface area (TPSA) is 94.6 Å². The Kier molecular flexibility index (Phi) is 5.48. The summed E-state index contributed by atoms with van der Waals surface area (Å²) in [5, 5.41) is 9.56. The molecule has 0 amide bonds. The van der Waals surface area contributed by atoms with Crippen LogP contribution in [-0.2, 0) is 0 Å². The van der Waals surface area contributed by atoms with Crippen molar-refractivity contribution >= 4 is 5.97 Å². The molecule has 0 aliphatic carbocycles. The van der Waals surface area contributed by atoms with Crippen LogP contribution in [0.5, 0.6) is 17.2 Å². The molecule has 3 aromatic carbocycles. The minimum absolute atomic E-state index is 0.0101. The number of rotatable bonds is 4. The second kappa shape index (κ2) is 8.40. The van der Waals surface area contributed by atoms with E-state index in [-0.39, 0.29) is 34.1 Å². The second-order valence-electron chi connectivity index (χ2n) is 6.91. The van der Waals surface area contributed by atoms with E-state index in [1.807, 2.05) is 6.07 Å². The third-order valence-corrected chi connectivity index (χ3v) is 4.98. The number of fused-ring (bicyclic) bond motifs is 1. The van der Waals surface area contributed by atoms with Gasteiger partial charge in [0, 0.05) is 23.3 Å². The molecule has 2 N–H and O–H groups in total. The van der Waals surface area contributed by atoms with E-state index in [0.29, 0.717) is 11.3 Å². The fourth-order valence-corrected chi connectivity index (χ4v) is 3.47. The van der Waals surface area contributed by atoms with Crippen LogP contribution in [-0.4, -0.2) is 13.1 Å². The van der Waals surface area contributed by atoms with Gasteiger partial charge < -0.3 is 19.9 Å². The molecule has 3 aromatic rings. The van der Waals surface area contributed by atoms with Gasteiger partial charge in [-0.2, -0.15) is 5.26 Å². The molecule has 8 heteroatoms. The van der Waals surface area contributed by atoms with Crippen molar-refractivity contribution < 1.29 is 27.8 Å². The van der Waals surface area contributed by atoms with Crippen LogP contribution in [0.2, 0.25) is 0 Å². The van der Waals surface area contributed by atoms with Crippen molar-refractivity contribution in [3.63, 3.8) is 0 Å². The maximum absolute atomic E-state index is 14.5. The molecule has 0 radical (unpaired) electrons. The predicted octanol–water partition coefficient (Wildman–Crippen LogP) is 4.41. The molecule has 4 rings (SSSR count). The molecule has 0 aromatic heterocycles. The van der Waals surface area contributed by atoms with E-state index in [1.165, 1.54) is 31.4 Å². The van der Waals surface area contributed by atoms with Gasteiger partial charge in [0.25, 0.3) is 0 Å². The van der Waals surface area contributed by atoms with Crippen molar-refractivity contribution in [2.24, 2.45) is 5.73 Å². The van der Waals surface area contributed by atoms with Crippen LogP contribution < -0.4 is 19.9 Å². The van der Waals surface area contributed by atoms with E-state index >= 15 is 0 Å². The normalized spacial score (nSPS) is 14.8. The summed E-state index contributed by atoms with van der Waals surface area (Å²) in [7, 11) is 1.49. The first kappa shape index (κ1) is 20.9. The smallest absolute Gasteiger partial charge is 0.343 e. The molecule has 1 unspecified atom stereocenters. The van der Waals surface area contributed by atoms with Gasteiger partial charge in [0.05, 0.1) is 18.6 Å². The van der Waals surface area contributed by atoms with Crippen LogP contribution in [0.15, 0.2) is 72.1 Å². The van der Waals surface area contributed by atoms with Crippen LogP contribution in [0, 0.1) is 23.0 Å². The molecule has 0 saturated heterocycles. The highest BCUT2D eigenvalue weighted by molar-refractivity contribution is 5.91. The van der Waals surface area contributed by atoms with Gasteiger partial charge >= 0.3 is 5.97 Å². The molecule has 32 heavy (non-hydrogen) atoms. The molecule has 1 aliphatic rings. The van der Waals surface area contributed by atoms with Gasteiger partial charge in [0.1, 0.15) is 40.5 Å². The van der Waals surface area contributed by atoms with Crippen molar-refractivity contribution in [2.75, 3.05) is 7.11 Å². The zero-order valence-corrected chi connectivity index (χ0v) is 16.8. The third-order valence-electron chi connectivity index (χ3n) is 4.98. The zero-order chi connectivity index (χ0) is 22.8. The number of ether oxygens (including phenoxy) is 3. The number of nitrogens with two attached hydrogens (primary N) is 1. The Balaban J connectivity index is 1.70. The van der Waals surface area contributed by atoms with E-state index in [0.717, 1.165) is 12.1 Å². The molecule has 1 atom stereocenters. The molecule has 160 valence electrons. The molecular formula is C24H16F2N2O4. The molecule has 0 bridgehead atoms. The Labute approximate surface area is 182 Å². The van der Waals surface area contributed by atoms with Crippen LogP contribution in [0.4, 0.5) is 8.78 Å². The number of nitrogens with zero attached hydrogens (tertiary/aromatic N) is 1. The Morgan fingerprint density at radius 1 is 1.06 bits per heavy atom. The molecule has 0 saturated carbocycles. The minimum atomic E-state index is -0.910. The first-order valence-corrected chi connectivity index (χ1v) is 9.44. The largest absolute Gasteiger partial charge is 0.497 e. The first-order chi connectivity index (χ1) is 15.4. The molecule has 1 heterocycles. The SMILES string of the molecule is COc1cccc(C(=O)Oc2ccc3c(c2)OC(N)=C(C#N)C3c2ccc(F)cc2F)c1. The first-order valence-electron chi connectivity index (χ1n) is 9.44. The van der Waals surface area contributed by atoms with Crippen molar-refractivity contribution in [3.05, 3.63) is 100 Å². The van der Waals surface area contributed by atoms with Crippen LogP contribution in [0.25, 0.3) is 0 Å². The van der Waals surface area contributed by atoms with E-state index < -0.39 is 23.5 Å². The summed E-state index contributed by atoms with van der Waals surface area (Å²) in [6.45, 7) is 0. The lowest BCUT2D eigenvalue weighted by Crippen LogP contribution is -2.22. The summed E-state index contributed by atoms with van der Waals surface area (Å²) in [6.07, 6.45) is 0. The number of carbonyl (C=O) groups excluding carboxylic acids is 1. The Hall–Kier alpha value is -4.38. The molecular weight excluding hydrogens is 418 g/mol. The summed E-state index contributed by atoms with van der Waals surface area (Å²) in [5.74, 6) is -2.47. The van der Waals surface area contributed by atoms with Crippen molar-refractivity contribution in [1.29, 1.82) is 5.26 Å². The fourth-order valence-electron chi connectivity index (χ4n) is 3.47. The van der Waals surface area contributed by atoms with E-state index in [1.54, 1.807) is 24.3 Å². The standard InChI is InChI=1S/C24H16F2N2O4/c1-30-15-4-2-3-13(9-15)24(29)31-16-6-8-18-21(11-16)32-23(28)19(12-27)22(18)17-7-5-14(25)10-20(17)26/h2-11,22H,28H2,1H3. The zero-order valence-electron chi connectivity index (χ0n) is 16.8. The van der Waals surface area contributed by atoms with E-state index in [4.69, 9.17) is 19.9 Å². The van der Waals surface area contributed by atoms with Gasteiger partial charge in [0.15, 0.2) is 0 Å². The number of hydrogen-bond donors (Lipinski definition) is 1. The van der Waals surface area contributed by atoms with E-state index in [2.05, 4.69) is 0 Å². The summed E-state index contributed by atoms with van der Waals surface area (Å²) in [4.78, 5) is 12.5. The number of hydrogen-bond acceptors (Lipinski definition) is 6. The summed E-state index contributed by atoms with van der Waals surface area (Å²) in [6, 6.07) is 15.9. The summed E-state index contributed by atoms with van der Waals surface area (Å²) >= 11 is 0. The molecule has 0 fully saturated rings. The third kappa shape index (κ3) is 3.84. The molecule has 6 nitrogen and oxygen atoms in total. The summed E-state index contributed by atoms with van der Waals surface area (Å²) < 4.78 is 44.0. The number of carbonyl (C=O) groups is 1.